The second-order valence-electron chi connectivity index (χ2n) is 20.7. The Bertz CT molecular complexity index is 1950. The molecule has 2 aliphatic heterocycles. The number of amides is 6. The van der Waals surface area contributed by atoms with Crippen molar-refractivity contribution in [2.75, 3.05) is 39.8 Å². The number of nitrogens with one attached hydrogen (secondary N) is 4. The maximum Gasteiger partial charge on any atom is 0.408 e. The van der Waals surface area contributed by atoms with Gasteiger partial charge >= 0.3 is 18.2 Å². The number of alkyl carbamates (subject to hydrolysis) is 2. The Morgan fingerprint density at radius 3 is 1.77 bits per heavy atom. The molecule has 15 heteroatoms. The summed E-state index contributed by atoms with van der Waals surface area (Å²) in [5, 5.41) is 11.3. The molecule has 0 aromatic heterocycles. The molecule has 1 unspecified atom stereocenters. The smallest absolute Gasteiger partial charge is 0.408 e. The van der Waals surface area contributed by atoms with E-state index in [4.69, 9.17) is 9.47 Å². The minimum Gasteiger partial charge on any atom is -0.444 e. The molecule has 2 fully saturated rings. The summed E-state index contributed by atoms with van der Waals surface area (Å²) in [6, 6.07) is 16.6. The Hall–Kier alpha value is -5.47. The van der Waals surface area contributed by atoms with E-state index < -0.39 is 53.2 Å². The molecule has 0 radical (unpaired) electrons. The first-order chi connectivity index (χ1) is 31.0. The van der Waals surface area contributed by atoms with E-state index in [1.807, 2.05) is 79.4 Å². The van der Waals surface area contributed by atoms with E-state index in [0.29, 0.717) is 58.4 Å². The zero-order valence-electron chi connectivity index (χ0n) is 40.8. The number of ether oxygens (including phenoxy) is 2. The van der Waals surface area contributed by atoms with Gasteiger partial charge in [-0.05, 0) is 104 Å². The molecule has 4 N–H and O–H groups in total. The Morgan fingerprint density at radius 1 is 0.667 bits per heavy atom. The van der Waals surface area contributed by atoms with Crippen LogP contribution in [0.4, 0.5) is 14.4 Å². The third-order valence-electron chi connectivity index (χ3n) is 12.1. The molecule has 15 nitrogen and oxygen atoms in total. The number of urea groups is 1. The van der Waals surface area contributed by atoms with Crippen molar-refractivity contribution in [1.29, 1.82) is 0 Å². The number of likely N-dealkylation sites (tertiary alicyclic amines) is 2. The molecule has 6 amide bonds. The zero-order valence-corrected chi connectivity index (χ0v) is 40.8. The first-order valence-corrected chi connectivity index (χ1v) is 23.7. The van der Waals surface area contributed by atoms with Gasteiger partial charge in [0.25, 0.3) is 0 Å². The van der Waals surface area contributed by atoms with Crippen molar-refractivity contribution in [2.45, 2.75) is 143 Å². The maximum absolute atomic E-state index is 14.6. The van der Waals surface area contributed by atoms with E-state index in [2.05, 4.69) is 21.3 Å². The van der Waals surface area contributed by atoms with Gasteiger partial charge in [-0.2, -0.15) is 0 Å². The summed E-state index contributed by atoms with van der Waals surface area (Å²) in [5.41, 5.74) is -0.0128. The van der Waals surface area contributed by atoms with Crippen LogP contribution in [-0.2, 0) is 41.5 Å². The summed E-state index contributed by atoms with van der Waals surface area (Å²) in [4.78, 5) is 99.3. The van der Waals surface area contributed by atoms with Gasteiger partial charge in [0, 0.05) is 69.9 Å². The number of hydrogen-bond acceptors (Lipinski definition) is 9. The fourth-order valence-corrected chi connectivity index (χ4v) is 8.82. The van der Waals surface area contributed by atoms with Gasteiger partial charge < -0.3 is 40.5 Å². The summed E-state index contributed by atoms with van der Waals surface area (Å²) in [7, 11) is 1.61. The van der Waals surface area contributed by atoms with Crippen molar-refractivity contribution in [1.82, 2.24) is 31.1 Å². The molecule has 0 saturated carbocycles. The van der Waals surface area contributed by atoms with Crippen molar-refractivity contribution in [3.8, 4) is 0 Å². The molecule has 2 aromatic carbocycles. The molecule has 2 aromatic rings. The van der Waals surface area contributed by atoms with Crippen LogP contribution in [0.1, 0.15) is 118 Å². The molecule has 2 aliphatic rings. The van der Waals surface area contributed by atoms with Crippen LogP contribution in [0.15, 0.2) is 60.7 Å². The molecule has 5 atom stereocenters. The average molecular weight is 917 g/mol. The SMILES string of the molecule is CNC(=O)N1CCC2(CCN(C(=O)[C@@H](CCCCNC(=O)OC(C)(C)C)CC(=O)[C@@H](CC(C)C)NC(=O)[C@H](CC(=O)[C@@H](Cc3ccccc3)NC(=O)OC(C)(C)C)Cc3ccccc3)C2)C1. The van der Waals surface area contributed by atoms with Gasteiger partial charge in [-0.25, -0.2) is 14.4 Å². The van der Waals surface area contributed by atoms with Gasteiger partial charge in [-0.15, -0.1) is 0 Å². The number of benzene rings is 2. The van der Waals surface area contributed by atoms with Crippen LogP contribution in [0, 0.1) is 23.2 Å². The van der Waals surface area contributed by atoms with E-state index in [0.717, 1.165) is 24.0 Å². The quantitative estimate of drug-likeness (QED) is 0.0955. The predicted molar refractivity (Wildman–Crippen MR) is 253 cm³/mol. The van der Waals surface area contributed by atoms with Crippen LogP contribution in [0.25, 0.3) is 0 Å². The van der Waals surface area contributed by atoms with E-state index in [1.165, 1.54) is 0 Å². The Morgan fingerprint density at radius 2 is 1.20 bits per heavy atom. The minimum absolute atomic E-state index is 0.00103. The third kappa shape index (κ3) is 17.7. The Labute approximate surface area is 392 Å². The van der Waals surface area contributed by atoms with Crippen molar-refractivity contribution in [3.63, 3.8) is 0 Å². The first kappa shape index (κ1) is 53.1. The van der Waals surface area contributed by atoms with Crippen molar-refractivity contribution < 1.29 is 43.0 Å². The molecular formula is C51H76N6O9. The minimum atomic E-state index is -0.992. The van der Waals surface area contributed by atoms with Crippen LogP contribution in [0.3, 0.4) is 0 Å². The van der Waals surface area contributed by atoms with Gasteiger partial charge in [-0.1, -0.05) is 80.9 Å². The van der Waals surface area contributed by atoms with Crippen LogP contribution in [0.2, 0.25) is 0 Å². The third-order valence-corrected chi connectivity index (χ3v) is 12.1. The molecule has 0 bridgehead atoms. The molecule has 4 rings (SSSR count). The molecule has 0 aliphatic carbocycles. The van der Waals surface area contributed by atoms with Crippen LogP contribution < -0.4 is 21.3 Å². The standard InChI is InChI=1S/C51H76N6O9/c1-35(2)28-40(54-44(60)39(29-36-18-12-10-13-19-36)32-43(59)41(30-37-20-14-11-15-21-37)55-48(64)66-50(6,7)8)42(58)31-38(22-16-17-25-53-47(63)65-49(3,4)5)45(61)56-26-23-51(33-56)24-27-57(34-51)46(62)52-9/h10-15,18-21,35,38-41H,16-17,22-34H2,1-9H3,(H,52,62)(H,53,63)(H,54,60)(H,55,64)/t38-,39-,40+,41+,51?/m0/s1. The lowest BCUT2D eigenvalue weighted by Gasteiger charge is -2.29. The number of carbonyl (C=O) groups excluding carboxylic acids is 7. The van der Waals surface area contributed by atoms with E-state index >= 15 is 0 Å². The fraction of sp³-hybridized carbons (Fsp3) is 0.627. The first-order valence-electron chi connectivity index (χ1n) is 23.7. The summed E-state index contributed by atoms with van der Waals surface area (Å²) >= 11 is 0. The van der Waals surface area contributed by atoms with E-state index in [1.54, 1.807) is 53.5 Å². The molecule has 2 saturated heterocycles. The highest BCUT2D eigenvalue weighted by Crippen LogP contribution is 2.40. The predicted octanol–water partition coefficient (Wildman–Crippen LogP) is 7.01. The average Bonchev–Trinajstić information content (AvgIpc) is 3.86. The highest BCUT2D eigenvalue weighted by atomic mass is 16.6. The summed E-state index contributed by atoms with van der Waals surface area (Å²) in [5.74, 6) is -2.82. The van der Waals surface area contributed by atoms with Crippen molar-refractivity contribution in [2.24, 2.45) is 23.2 Å². The van der Waals surface area contributed by atoms with Gasteiger partial charge in [-0.3, -0.25) is 19.2 Å². The number of Topliss-reactive ketones (excluding diaryl/α,β-unsaturated/α-hetero) is 2. The highest BCUT2D eigenvalue weighted by Gasteiger charge is 2.47. The van der Waals surface area contributed by atoms with Crippen LogP contribution in [-0.4, -0.2) is 114 Å². The Kier molecular flexibility index (Phi) is 19.6. The summed E-state index contributed by atoms with van der Waals surface area (Å²) in [6.07, 6.45) is 2.13. The van der Waals surface area contributed by atoms with E-state index in [-0.39, 0.29) is 60.5 Å². The number of ketones is 2. The summed E-state index contributed by atoms with van der Waals surface area (Å²) < 4.78 is 10.9. The van der Waals surface area contributed by atoms with Gasteiger partial charge in [0.15, 0.2) is 11.6 Å². The fourth-order valence-electron chi connectivity index (χ4n) is 8.82. The second-order valence-corrected chi connectivity index (χ2v) is 20.7. The number of rotatable bonds is 21. The summed E-state index contributed by atoms with van der Waals surface area (Å²) in [6.45, 7) is 17.0. The van der Waals surface area contributed by atoms with Gasteiger partial charge in [0.05, 0.1) is 12.1 Å². The van der Waals surface area contributed by atoms with Gasteiger partial charge in [0.1, 0.15) is 11.2 Å². The number of hydrogen-bond donors (Lipinski definition) is 4. The molecule has 364 valence electrons. The Balaban J connectivity index is 1.55. The van der Waals surface area contributed by atoms with Crippen LogP contribution in [0.5, 0.6) is 0 Å². The molecule has 66 heavy (non-hydrogen) atoms. The number of unbranched alkanes of at least 4 members (excludes halogenated alkanes) is 1. The topological polar surface area (TPSA) is 193 Å². The van der Waals surface area contributed by atoms with Crippen molar-refractivity contribution >= 4 is 41.6 Å². The van der Waals surface area contributed by atoms with Crippen molar-refractivity contribution in [3.05, 3.63) is 71.8 Å². The zero-order chi connectivity index (χ0) is 48.7. The monoisotopic (exact) mass is 917 g/mol. The maximum atomic E-state index is 14.6. The highest BCUT2D eigenvalue weighted by molar-refractivity contribution is 5.95. The van der Waals surface area contributed by atoms with Crippen LogP contribution >= 0.6 is 0 Å². The van der Waals surface area contributed by atoms with E-state index in [9.17, 15) is 33.6 Å². The lowest BCUT2D eigenvalue weighted by atomic mass is 9.86. The lowest BCUT2D eigenvalue weighted by molar-refractivity contribution is -0.138. The molecular weight excluding hydrogens is 841 g/mol. The largest absolute Gasteiger partial charge is 0.444 e. The normalized spacial score (nSPS) is 18.0. The molecule has 1 spiro atoms. The molecule has 2 heterocycles. The second kappa shape index (κ2) is 24.3. The lowest BCUT2D eigenvalue weighted by Crippen LogP contribution is -2.48. The number of carbonyl (C=O) groups is 7. The number of nitrogens with zero attached hydrogens (tertiary/aromatic N) is 2. The van der Waals surface area contributed by atoms with Gasteiger partial charge in [0.2, 0.25) is 11.8 Å².